The maximum atomic E-state index is 4.08. The van der Waals surface area contributed by atoms with Crippen molar-refractivity contribution in [2.75, 3.05) is 32.7 Å². The predicted molar refractivity (Wildman–Crippen MR) is 80.4 cm³/mol. The molecule has 0 saturated carbocycles. The summed E-state index contributed by atoms with van der Waals surface area (Å²) in [5, 5.41) is 0. The molecule has 2 aromatic rings. The molecule has 0 bridgehead atoms. The summed E-state index contributed by atoms with van der Waals surface area (Å²) in [5.74, 6) is 0. The summed E-state index contributed by atoms with van der Waals surface area (Å²) in [6, 6.07) is 10.8. The molecular weight excluding hydrogens is 248 g/mol. The Labute approximate surface area is 120 Å². The molecule has 0 N–H and O–H groups in total. The Morgan fingerprint density at radius 3 is 2.35 bits per heavy atom. The Morgan fingerprint density at radius 1 is 0.900 bits per heavy atom. The molecule has 4 heteroatoms. The van der Waals surface area contributed by atoms with E-state index in [1.54, 1.807) is 0 Å². The van der Waals surface area contributed by atoms with E-state index in [1.807, 2.05) is 18.7 Å². The van der Waals surface area contributed by atoms with Crippen LogP contribution in [0.1, 0.15) is 5.56 Å². The Bertz CT molecular complexity index is 486. The van der Waals surface area contributed by atoms with E-state index in [-0.39, 0.29) is 0 Å². The molecule has 106 valence electrons. The highest BCUT2D eigenvalue weighted by Crippen LogP contribution is 2.08. The van der Waals surface area contributed by atoms with E-state index in [1.165, 1.54) is 31.7 Å². The number of hydrogen-bond donors (Lipinski definition) is 0. The molecule has 0 atom stereocenters. The lowest BCUT2D eigenvalue weighted by molar-refractivity contribution is 0.124. The standard InChI is InChI=1S/C16H22N4/c1-2-4-16(5-3-1)14-19-11-8-18(9-12-19)10-13-20-7-6-17-15-20/h1-7,15H,8-14H2. The summed E-state index contributed by atoms with van der Waals surface area (Å²) >= 11 is 0. The second-order valence-electron chi connectivity index (χ2n) is 5.40. The van der Waals surface area contributed by atoms with E-state index < -0.39 is 0 Å². The van der Waals surface area contributed by atoms with Crippen molar-refractivity contribution in [3.05, 3.63) is 54.6 Å². The Balaban J connectivity index is 1.40. The predicted octanol–water partition coefficient (Wildman–Crippen LogP) is 1.70. The number of hydrogen-bond acceptors (Lipinski definition) is 3. The minimum atomic E-state index is 1.04. The molecule has 20 heavy (non-hydrogen) atoms. The normalized spacial score (nSPS) is 17.4. The van der Waals surface area contributed by atoms with Gasteiger partial charge in [-0.2, -0.15) is 0 Å². The summed E-state index contributed by atoms with van der Waals surface area (Å²) < 4.78 is 2.15. The highest BCUT2D eigenvalue weighted by molar-refractivity contribution is 5.14. The number of imidazole rings is 1. The van der Waals surface area contributed by atoms with Gasteiger partial charge in [0, 0.05) is 58.2 Å². The van der Waals surface area contributed by atoms with Gasteiger partial charge < -0.3 is 4.57 Å². The summed E-state index contributed by atoms with van der Waals surface area (Å²) in [5.41, 5.74) is 1.42. The third-order valence-corrected chi connectivity index (χ3v) is 3.95. The van der Waals surface area contributed by atoms with Crippen LogP contribution in [-0.2, 0) is 13.1 Å². The van der Waals surface area contributed by atoms with Crippen molar-refractivity contribution >= 4 is 0 Å². The molecule has 0 radical (unpaired) electrons. The van der Waals surface area contributed by atoms with Crippen LogP contribution in [0, 0.1) is 0 Å². The lowest BCUT2D eigenvalue weighted by Gasteiger charge is -2.34. The highest BCUT2D eigenvalue weighted by Gasteiger charge is 2.16. The first-order chi connectivity index (χ1) is 9.90. The first kappa shape index (κ1) is 13.3. The first-order valence-electron chi connectivity index (χ1n) is 7.34. The molecule has 1 fully saturated rings. The van der Waals surface area contributed by atoms with E-state index in [9.17, 15) is 0 Å². The third kappa shape index (κ3) is 3.68. The molecule has 1 saturated heterocycles. The third-order valence-electron chi connectivity index (χ3n) is 3.95. The summed E-state index contributed by atoms with van der Waals surface area (Å²) in [6.07, 6.45) is 5.77. The fourth-order valence-electron chi connectivity index (χ4n) is 2.69. The second kappa shape index (κ2) is 6.68. The van der Waals surface area contributed by atoms with Crippen molar-refractivity contribution in [1.82, 2.24) is 19.4 Å². The lowest BCUT2D eigenvalue weighted by Crippen LogP contribution is -2.46. The molecule has 1 aliphatic rings. The van der Waals surface area contributed by atoms with Crippen LogP contribution >= 0.6 is 0 Å². The zero-order valence-electron chi connectivity index (χ0n) is 11.9. The van der Waals surface area contributed by atoms with Crippen molar-refractivity contribution in [3.63, 3.8) is 0 Å². The van der Waals surface area contributed by atoms with Gasteiger partial charge in [0.2, 0.25) is 0 Å². The van der Waals surface area contributed by atoms with Gasteiger partial charge in [0.05, 0.1) is 6.33 Å². The van der Waals surface area contributed by atoms with Crippen LogP contribution in [0.4, 0.5) is 0 Å². The van der Waals surface area contributed by atoms with Crippen molar-refractivity contribution in [2.24, 2.45) is 0 Å². The van der Waals surface area contributed by atoms with Crippen molar-refractivity contribution < 1.29 is 0 Å². The van der Waals surface area contributed by atoms with E-state index in [4.69, 9.17) is 0 Å². The first-order valence-corrected chi connectivity index (χ1v) is 7.34. The number of benzene rings is 1. The van der Waals surface area contributed by atoms with Gasteiger partial charge in [-0.15, -0.1) is 0 Å². The van der Waals surface area contributed by atoms with Crippen LogP contribution in [0.2, 0.25) is 0 Å². The van der Waals surface area contributed by atoms with Crippen LogP contribution in [0.25, 0.3) is 0 Å². The van der Waals surface area contributed by atoms with Gasteiger partial charge in [-0.25, -0.2) is 4.98 Å². The molecule has 1 aromatic heterocycles. The minimum Gasteiger partial charge on any atom is -0.336 e. The molecule has 1 aliphatic heterocycles. The molecule has 2 heterocycles. The Hall–Kier alpha value is -1.65. The maximum absolute atomic E-state index is 4.08. The second-order valence-corrected chi connectivity index (χ2v) is 5.40. The van der Waals surface area contributed by atoms with Gasteiger partial charge in [-0.3, -0.25) is 9.80 Å². The molecule has 0 amide bonds. The zero-order valence-corrected chi connectivity index (χ0v) is 11.9. The summed E-state index contributed by atoms with van der Waals surface area (Å²) in [7, 11) is 0. The average molecular weight is 270 g/mol. The van der Waals surface area contributed by atoms with E-state index in [0.29, 0.717) is 0 Å². The summed E-state index contributed by atoms with van der Waals surface area (Å²) in [6.45, 7) is 7.91. The smallest absolute Gasteiger partial charge is 0.0946 e. The zero-order chi connectivity index (χ0) is 13.6. The maximum Gasteiger partial charge on any atom is 0.0946 e. The topological polar surface area (TPSA) is 24.3 Å². The van der Waals surface area contributed by atoms with E-state index in [2.05, 4.69) is 49.7 Å². The van der Waals surface area contributed by atoms with Gasteiger partial charge in [0.1, 0.15) is 0 Å². The molecule has 0 spiro atoms. The number of aromatic nitrogens is 2. The number of nitrogens with zero attached hydrogens (tertiary/aromatic N) is 4. The molecule has 4 nitrogen and oxygen atoms in total. The fraction of sp³-hybridized carbons (Fsp3) is 0.438. The van der Waals surface area contributed by atoms with Crippen molar-refractivity contribution in [1.29, 1.82) is 0 Å². The van der Waals surface area contributed by atoms with Gasteiger partial charge in [-0.05, 0) is 5.56 Å². The number of rotatable bonds is 5. The van der Waals surface area contributed by atoms with Crippen molar-refractivity contribution in [3.8, 4) is 0 Å². The SMILES string of the molecule is c1ccc(CN2CCN(CCn3ccnc3)CC2)cc1. The van der Waals surface area contributed by atoms with Crippen LogP contribution in [-0.4, -0.2) is 52.1 Å². The Kier molecular flexibility index (Phi) is 4.46. The lowest BCUT2D eigenvalue weighted by atomic mass is 10.2. The van der Waals surface area contributed by atoms with Gasteiger partial charge >= 0.3 is 0 Å². The number of piperazine rings is 1. The largest absolute Gasteiger partial charge is 0.336 e. The van der Waals surface area contributed by atoms with Crippen molar-refractivity contribution in [2.45, 2.75) is 13.1 Å². The molecule has 3 rings (SSSR count). The molecule has 1 aromatic carbocycles. The van der Waals surface area contributed by atoms with E-state index in [0.717, 1.165) is 19.6 Å². The van der Waals surface area contributed by atoms with Crippen LogP contribution < -0.4 is 0 Å². The summed E-state index contributed by atoms with van der Waals surface area (Å²) in [4.78, 5) is 9.17. The average Bonchev–Trinajstić information content (AvgIpc) is 3.01. The quantitative estimate of drug-likeness (QED) is 0.826. The van der Waals surface area contributed by atoms with Gasteiger partial charge in [0.25, 0.3) is 0 Å². The minimum absolute atomic E-state index is 1.04. The van der Waals surface area contributed by atoms with E-state index >= 15 is 0 Å². The molecular formula is C16H22N4. The van der Waals surface area contributed by atoms with Gasteiger partial charge in [-0.1, -0.05) is 30.3 Å². The van der Waals surface area contributed by atoms with Crippen LogP contribution in [0.5, 0.6) is 0 Å². The molecule has 0 unspecified atom stereocenters. The monoisotopic (exact) mass is 270 g/mol. The van der Waals surface area contributed by atoms with Crippen LogP contribution in [0.15, 0.2) is 49.1 Å². The fourth-order valence-corrected chi connectivity index (χ4v) is 2.69. The highest BCUT2D eigenvalue weighted by atomic mass is 15.3. The molecule has 0 aliphatic carbocycles. The van der Waals surface area contributed by atoms with Crippen LogP contribution in [0.3, 0.4) is 0 Å². The Morgan fingerprint density at radius 2 is 1.65 bits per heavy atom. The van der Waals surface area contributed by atoms with Gasteiger partial charge in [0.15, 0.2) is 0 Å².